The number of aromatic nitrogens is 2. The first-order valence-corrected chi connectivity index (χ1v) is 6.39. The van der Waals surface area contributed by atoms with Crippen LogP contribution in [-0.4, -0.2) is 74.8 Å². The first-order valence-electron chi connectivity index (χ1n) is 6.39. The summed E-state index contributed by atoms with van der Waals surface area (Å²) in [6.45, 7) is -0.579. The van der Waals surface area contributed by atoms with Gasteiger partial charge in [0.2, 0.25) is 0 Å². The van der Waals surface area contributed by atoms with E-state index in [1.54, 1.807) is 0 Å². The summed E-state index contributed by atoms with van der Waals surface area (Å²) in [7, 11) is 1.28. The number of aromatic amines is 1. The van der Waals surface area contributed by atoms with E-state index in [1.165, 1.54) is 7.11 Å². The average molecular weight is 318 g/mol. The summed E-state index contributed by atoms with van der Waals surface area (Å²) in [5.74, 6) is -0.134. The van der Waals surface area contributed by atoms with E-state index in [2.05, 4.69) is 15.3 Å². The Morgan fingerprint density at radius 3 is 2.64 bits per heavy atom. The highest BCUT2D eigenvalue weighted by Gasteiger charge is 2.43. The lowest BCUT2D eigenvalue weighted by Gasteiger charge is -2.40. The Morgan fingerprint density at radius 1 is 1.36 bits per heavy atom. The van der Waals surface area contributed by atoms with E-state index in [4.69, 9.17) is 20.3 Å². The third-order valence-corrected chi connectivity index (χ3v) is 3.30. The molecule has 11 heteroatoms. The number of aliphatic hydroxyl groups excluding tert-OH is 4. The predicted octanol–water partition coefficient (Wildman–Crippen LogP) is -3.43. The first-order chi connectivity index (χ1) is 10.4. The highest BCUT2D eigenvalue weighted by Crippen LogP contribution is 2.23. The van der Waals surface area contributed by atoms with Crippen LogP contribution in [0.1, 0.15) is 0 Å². The van der Waals surface area contributed by atoms with Gasteiger partial charge >= 0.3 is 0 Å². The zero-order valence-electron chi connectivity index (χ0n) is 11.6. The van der Waals surface area contributed by atoms with Crippen molar-refractivity contribution in [2.75, 3.05) is 24.8 Å². The summed E-state index contributed by atoms with van der Waals surface area (Å²) in [6.07, 6.45) is -6.94. The topological polar surface area (TPSA) is 183 Å². The van der Waals surface area contributed by atoms with Gasteiger partial charge in [0.05, 0.1) is 13.7 Å². The Bertz CT molecular complexity index is 578. The molecular weight excluding hydrogens is 300 g/mol. The summed E-state index contributed by atoms with van der Waals surface area (Å²) in [6, 6.07) is -0.119. The van der Waals surface area contributed by atoms with Crippen molar-refractivity contribution in [2.24, 2.45) is 0 Å². The number of methoxy groups -OCH3 is 1. The number of rotatable bonds is 4. The summed E-state index contributed by atoms with van der Waals surface area (Å²) in [5, 5.41) is 40.9. The number of nitrogen functional groups attached to an aromatic ring is 1. The van der Waals surface area contributed by atoms with Gasteiger partial charge in [0, 0.05) is 0 Å². The van der Waals surface area contributed by atoms with E-state index < -0.39 is 42.8 Å². The van der Waals surface area contributed by atoms with E-state index in [1.807, 2.05) is 0 Å². The van der Waals surface area contributed by atoms with Crippen LogP contribution in [0.25, 0.3) is 0 Å². The molecule has 1 aromatic rings. The number of nitrogens with two attached hydrogens (primary N) is 1. The van der Waals surface area contributed by atoms with Crippen LogP contribution in [0.5, 0.6) is 6.01 Å². The van der Waals surface area contributed by atoms with Gasteiger partial charge in [-0.25, -0.2) is 0 Å². The van der Waals surface area contributed by atoms with Crippen LogP contribution in [0.15, 0.2) is 4.79 Å². The summed E-state index contributed by atoms with van der Waals surface area (Å²) in [4.78, 5) is 17.7. The van der Waals surface area contributed by atoms with Crippen molar-refractivity contribution >= 4 is 11.5 Å². The van der Waals surface area contributed by atoms with E-state index in [0.29, 0.717) is 0 Å². The second kappa shape index (κ2) is 6.46. The summed E-state index contributed by atoms with van der Waals surface area (Å²) >= 11 is 0. The molecule has 1 aliphatic heterocycles. The zero-order valence-corrected chi connectivity index (χ0v) is 11.6. The highest BCUT2D eigenvalue weighted by molar-refractivity contribution is 5.60. The molecule has 1 aliphatic rings. The number of hydrogen-bond donors (Lipinski definition) is 7. The SMILES string of the molecule is COc1nc(N[C@@H]2O[C@@H](CO)[C@@H](O)[C@@H](O)[C@H]2O)c(N)c(=O)[nH]1. The van der Waals surface area contributed by atoms with Crippen molar-refractivity contribution in [3.05, 3.63) is 10.4 Å². The monoisotopic (exact) mass is 318 g/mol. The molecule has 124 valence electrons. The fraction of sp³-hybridized carbons (Fsp3) is 0.636. The summed E-state index contributed by atoms with van der Waals surface area (Å²) < 4.78 is 10.0. The zero-order chi connectivity index (χ0) is 16.4. The van der Waals surface area contributed by atoms with Gasteiger partial charge in [-0.15, -0.1) is 0 Å². The Kier molecular flexibility index (Phi) is 4.83. The Balaban J connectivity index is 2.26. The third kappa shape index (κ3) is 2.98. The standard InChI is InChI=1S/C11H18N4O7/c1-21-11-14-8(4(12)9(20)15-11)13-10-7(19)6(18)5(17)3(2-16)22-10/h3,5-7,10,16-19H,2,12H2,1H3,(H2,13,14,15,20)/t3-,5+,6+,7+,10+/m0/s1. The Morgan fingerprint density at radius 2 is 2.05 bits per heavy atom. The van der Waals surface area contributed by atoms with E-state index >= 15 is 0 Å². The normalized spacial score (nSPS) is 31.8. The second-order valence-corrected chi connectivity index (χ2v) is 4.73. The predicted molar refractivity (Wildman–Crippen MR) is 73.2 cm³/mol. The average Bonchev–Trinajstić information content (AvgIpc) is 2.51. The van der Waals surface area contributed by atoms with Crippen LogP contribution in [0.2, 0.25) is 0 Å². The lowest BCUT2D eigenvalue weighted by atomic mass is 9.98. The number of ether oxygens (including phenoxy) is 2. The molecular formula is C11H18N4O7. The van der Waals surface area contributed by atoms with Crippen molar-refractivity contribution in [2.45, 2.75) is 30.6 Å². The van der Waals surface area contributed by atoms with Crippen LogP contribution in [0.4, 0.5) is 11.5 Å². The molecule has 5 atom stereocenters. The molecule has 0 aromatic carbocycles. The molecule has 2 heterocycles. The molecule has 22 heavy (non-hydrogen) atoms. The molecule has 8 N–H and O–H groups in total. The molecule has 1 saturated heterocycles. The molecule has 0 spiro atoms. The second-order valence-electron chi connectivity index (χ2n) is 4.73. The smallest absolute Gasteiger partial charge is 0.298 e. The number of anilines is 2. The molecule has 11 nitrogen and oxygen atoms in total. The molecule has 0 aliphatic carbocycles. The van der Waals surface area contributed by atoms with Gasteiger partial charge in [-0.2, -0.15) is 4.98 Å². The molecule has 0 bridgehead atoms. The number of nitrogens with one attached hydrogen (secondary N) is 2. The van der Waals surface area contributed by atoms with Crippen LogP contribution in [0, 0.1) is 0 Å². The Labute approximate surface area is 124 Å². The molecule has 0 radical (unpaired) electrons. The number of aliphatic hydroxyl groups is 4. The number of H-pyrrole nitrogens is 1. The van der Waals surface area contributed by atoms with Crippen LogP contribution in [0.3, 0.4) is 0 Å². The van der Waals surface area contributed by atoms with Crippen molar-refractivity contribution < 1.29 is 29.9 Å². The van der Waals surface area contributed by atoms with Crippen molar-refractivity contribution in [3.8, 4) is 6.01 Å². The minimum atomic E-state index is -1.56. The molecule has 0 amide bonds. The molecule has 2 rings (SSSR count). The molecule has 0 unspecified atom stereocenters. The van der Waals surface area contributed by atoms with Gasteiger partial charge in [0.25, 0.3) is 11.6 Å². The van der Waals surface area contributed by atoms with Crippen LogP contribution in [-0.2, 0) is 4.74 Å². The maximum atomic E-state index is 11.6. The van der Waals surface area contributed by atoms with Crippen molar-refractivity contribution in [1.29, 1.82) is 0 Å². The van der Waals surface area contributed by atoms with E-state index in [9.17, 15) is 20.1 Å². The highest BCUT2D eigenvalue weighted by atomic mass is 16.6. The minimum Gasteiger partial charge on any atom is -0.468 e. The quantitative estimate of drug-likeness (QED) is 0.295. The molecule has 0 saturated carbocycles. The van der Waals surface area contributed by atoms with Gasteiger partial charge in [-0.3, -0.25) is 9.78 Å². The summed E-state index contributed by atoms with van der Waals surface area (Å²) in [5.41, 5.74) is 4.63. The maximum absolute atomic E-state index is 11.6. The fourth-order valence-electron chi connectivity index (χ4n) is 2.02. The van der Waals surface area contributed by atoms with E-state index in [-0.39, 0.29) is 17.5 Å². The van der Waals surface area contributed by atoms with Gasteiger partial charge in [0.15, 0.2) is 12.0 Å². The van der Waals surface area contributed by atoms with Crippen LogP contribution < -0.4 is 21.3 Å². The number of hydrogen-bond acceptors (Lipinski definition) is 10. The largest absolute Gasteiger partial charge is 0.468 e. The van der Waals surface area contributed by atoms with Gasteiger partial charge in [0.1, 0.15) is 30.1 Å². The number of nitrogens with zero attached hydrogens (tertiary/aromatic N) is 1. The maximum Gasteiger partial charge on any atom is 0.298 e. The minimum absolute atomic E-state index is 0.119. The third-order valence-electron chi connectivity index (χ3n) is 3.30. The van der Waals surface area contributed by atoms with Gasteiger partial charge in [-0.1, -0.05) is 0 Å². The van der Waals surface area contributed by atoms with Crippen molar-refractivity contribution in [3.63, 3.8) is 0 Å². The lowest BCUT2D eigenvalue weighted by Crippen LogP contribution is -2.60. The molecule has 1 aromatic heterocycles. The first kappa shape index (κ1) is 16.5. The lowest BCUT2D eigenvalue weighted by molar-refractivity contribution is -0.221. The Hall–Kier alpha value is -1.92. The van der Waals surface area contributed by atoms with Gasteiger partial charge in [-0.05, 0) is 0 Å². The van der Waals surface area contributed by atoms with Gasteiger partial charge < -0.3 is 41.0 Å². The molecule has 1 fully saturated rings. The van der Waals surface area contributed by atoms with Crippen LogP contribution >= 0.6 is 0 Å². The van der Waals surface area contributed by atoms with E-state index in [0.717, 1.165) is 0 Å². The fourth-order valence-corrected chi connectivity index (χ4v) is 2.02. The van der Waals surface area contributed by atoms with Crippen molar-refractivity contribution in [1.82, 2.24) is 9.97 Å².